The Morgan fingerprint density at radius 3 is 2.63 bits per heavy atom. The van der Waals surface area contributed by atoms with Gasteiger partial charge >= 0.3 is 0 Å². The van der Waals surface area contributed by atoms with Gasteiger partial charge in [-0.15, -0.1) is 0 Å². The summed E-state index contributed by atoms with van der Waals surface area (Å²) in [7, 11) is 2.23. The van der Waals surface area contributed by atoms with E-state index in [1.807, 2.05) is 0 Å². The van der Waals surface area contributed by atoms with Crippen molar-refractivity contribution in [2.24, 2.45) is 5.92 Å². The third-order valence-electron chi connectivity index (χ3n) is 4.50. The van der Waals surface area contributed by atoms with Crippen molar-refractivity contribution in [3.8, 4) is 6.07 Å². The summed E-state index contributed by atoms with van der Waals surface area (Å²) < 4.78 is 0. The summed E-state index contributed by atoms with van der Waals surface area (Å²) in [4.78, 5) is 2.49. The Labute approximate surface area is 119 Å². The number of rotatable bonds is 7. The van der Waals surface area contributed by atoms with Crippen LogP contribution in [-0.2, 0) is 0 Å². The molecule has 3 heteroatoms. The quantitative estimate of drug-likeness (QED) is 0.768. The molecule has 0 spiro atoms. The lowest BCUT2D eigenvalue weighted by atomic mass is 9.98. The highest BCUT2D eigenvalue weighted by atomic mass is 15.2. The van der Waals surface area contributed by atoms with Crippen LogP contribution in [0.15, 0.2) is 0 Å². The summed E-state index contributed by atoms with van der Waals surface area (Å²) in [5.41, 5.74) is -0.271. The molecule has 3 nitrogen and oxygen atoms in total. The normalized spacial score (nSPS) is 28.8. The van der Waals surface area contributed by atoms with Gasteiger partial charge in [0, 0.05) is 12.1 Å². The molecule has 110 valence electrons. The number of nitrogens with one attached hydrogen (secondary N) is 1. The van der Waals surface area contributed by atoms with Crippen molar-refractivity contribution in [2.45, 2.75) is 77.4 Å². The van der Waals surface area contributed by atoms with E-state index in [-0.39, 0.29) is 5.54 Å². The van der Waals surface area contributed by atoms with Gasteiger partial charge < -0.3 is 4.90 Å². The first-order valence-electron chi connectivity index (χ1n) is 7.82. The molecule has 3 atom stereocenters. The highest BCUT2D eigenvalue weighted by Gasteiger charge is 2.41. The van der Waals surface area contributed by atoms with Crippen LogP contribution in [0.1, 0.15) is 59.8 Å². The lowest BCUT2D eigenvalue weighted by Gasteiger charge is -2.32. The second kappa shape index (κ2) is 7.26. The van der Waals surface area contributed by atoms with E-state index in [2.05, 4.69) is 51.0 Å². The summed E-state index contributed by atoms with van der Waals surface area (Å²) in [6.07, 6.45) is 5.43. The fourth-order valence-corrected chi connectivity index (χ4v) is 3.24. The van der Waals surface area contributed by atoms with Crippen LogP contribution in [0, 0.1) is 17.2 Å². The molecule has 0 saturated heterocycles. The minimum absolute atomic E-state index is 0.271. The van der Waals surface area contributed by atoms with Gasteiger partial charge in [0.2, 0.25) is 0 Å². The third-order valence-corrected chi connectivity index (χ3v) is 4.50. The summed E-state index contributed by atoms with van der Waals surface area (Å²) in [5, 5.41) is 13.0. The lowest BCUT2D eigenvalue weighted by Crippen LogP contribution is -2.45. The number of nitriles is 1. The molecular weight excluding hydrogens is 234 g/mol. The zero-order valence-electron chi connectivity index (χ0n) is 13.4. The highest BCUT2D eigenvalue weighted by Crippen LogP contribution is 2.33. The standard InChI is InChI=1S/C16H31N3/c1-6-9-18-16(12-17)8-7-15(11-16)19(5)14(4)10-13(2)3/h13-15,18H,6-11H2,1-5H3. The largest absolute Gasteiger partial charge is 0.301 e. The molecule has 1 saturated carbocycles. The molecule has 1 aliphatic carbocycles. The van der Waals surface area contributed by atoms with Gasteiger partial charge in [-0.1, -0.05) is 20.8 Å². The zero-order valence-corrected chi connectivity index (χ0v) is 13.4. The topological polar surface area (TPSA) is 39.1 Å². The first-order valence-corrected chi connectivity index (χ1v) is 7.82. The van der Waals surface area contributed by atoms with Crippen LogP contribution in [0.3, 0.4) is 0 Å². The van der Waals surface area contributed by atoms with Crippen molar-refractivity contribution in [2.75, 3.05) is 13.6 Å². The molecule has 0 amide bonds. The summed E-state index contributed by atoms with van der Waals surface area (Å²) in [6.45, 7) is 9.97. The van der Waals surface area contributed by atoms with E-state index in [0.717, 1.165) is 38.1 Å². The smallest absolute Gasteiger partial charge is 0.108 e. The van der Waals surface area contributed by atoms with Crippen molar-refractivity contribution in [3.05, 3.63) is 0 Å². The second-order valence-corrected chi connectivity index (χ2v) is 6.66. The van der Waals surface area contributed by atoms with Crippen molar-refractivity contribution in [1.29, 1.82) is 5.26 Å². The van der Waals surface area contributed by atoms with Gasteiger partial charge in [-0.3, -0.25) is 5.32 Å². The Morgan fingerprint density at radius 1 is 1.42 bits per heavy atom. The minimum Gasteiger partial charge on any atom is -0.301 e. The molecule has 0 aromatic rings. The van der Waals surface area contributed by atoms with Gasteiger partial charge in [0.25, 0.3) is 0 Å². The van der Waals surface area contributed by atoms with Crippen LogP contribution in [-0.4, -0.2) is 36.1 Å². The first kappa shape index (κ1) is 16.5. The Morgan fingerprint density at radius 2 is 2.11 bits per heavy atom. The molecule has 0 aromatic heterocycles. The lowest BCUT2D eigenvalue weighted by molar-refractivity contribution is 0.162. The molecular formula is C16H31N3. The fraction of sp³-hybridized carbons (Fsp3) is 0.938. The molecule has 1 rings (SSSR count). The first-order chi connectivity index (χ1) is 8.94. The van der Waals surface area contributed by atoms with E-state index in [1.54, 1.807) is 0 Å². The molecule has 0 bridgehead atoms. The maximum Gasteiger partial charge on any atom is 0.108 e. The predicted molar refractivity (Wildman–Crippen MR) is 81.0 cm³/mol. The van der Waals surface area contributed by atoms with Crippen molar-refractivity contribution in [1.82, 2.24) is 10.2 Å². The van der Waals surface area contributed by atoms with Crippen LogP contribution < -0.4 is 5.32 Å². The van der Waals surface area contributed by atoms with E-state index in [9.17, 15) is 5.26 Å². The monoisotopic (exact) mass is 265 g/mol. The van der Waals surface area contributed by atoms with Crippen LogP contribution in [0.2, 0.25) is 0 Å². The van der Waals surface area contributed by atoms with E-state index in [1.165, 1.54) is 6.42 Å². The van der Waals surface area contributed by atoms with Gasteiger partial charge in [-0.2, -0.15) is 5.26 Å². The molecule has 0 radical (unpaired) electrons. The van der Waals surface area contributed by atoms with E-state index in [0.29, 0.717) is 12.1 Å². The van der Waals surface area contributed by atoms with Gasteiger partial charge in [0.05, 0.1) is 6.07 Å². The Kier molecular flexibility index (Phi) is 6.29. The Bertz CT molecular complexity index is 308. The van der Waals surface area contributed by atoms with Gasteiger partial charge in [0.1, 0.15) is 5.54 Å². The fourth-order valence-electron chi connectivity index (χ4n) is 3.24. The molecule has 0 aliphatic heterocycles. The molecule has 1 N–H and O–H groups in total. The Hall–Kier alpha value is -0.590. The zero-order chi connectivity index (χ0) is 14.5. The molecule has 3 unspecified atom stereocenters. The van der Waals surface area contributed by atoms with E-state index in [4.69, 9.17) is 0 Å². The molecule has 0 aromatic carbocycles. The Balaban J connectivity index is 2.56. The van der Waals surface area contributed by atoms with E-state index < -0.39 is 0 Å². The molecule has 1 fully saturated rings. The van der Waals surface area contributed by atoms with Crippen molar-refractivity contribution < 1.29 is 0 Å². The van der Waals surface area contributed by atoms with Crippen LogP contribution in [0.5, 0.6) is 0 Å². The maximum atomic E-state index is 9.50. The van der Waals surface area contributed by atoms with Crippen molar-refractivity contribution >= 4 is 0 Å². The average Bonchev–Trinajstić information content (AvgIpc) is 2.79. The average molecular weight is 265 g/mol. The van der Waals surface area contributed by atoms with Crippen LogP contribution in [0.4, 0.5) is 0 Å². The maximum absolute atomic E-state index is 9.50. The summed E-state index contributed by atoms with van der Waals surface area (Å²) >= 11 is 0. The highest BCUT2D eigenvalue weighted by molar-refractivity contribution is 5.13. The SMILES string of the molecule is CCCNC1(C#N)CCC(N(C)C(C)CC(C)C)C1. The van der Waals surface area contributed by atoms with Gasteiger partial charge in [-0.05, 0) is 58.5 Å². The van der Waals surface area contributed by atoms with E-state index >= 15 is 0 Å². The molecule has 0 heterocycles. The number of nitrogens with zero attached hydrogens (tertiary/aromatic N) is 2. The summed E-state index contributed by atoms with van der Waals surface area (Å²) in [5.74, 6) is 0.734. The van der Waals surface area contributed by atoms with Crippen LogP contribution in [0.25, 0.3) is 0 Å². The second-order valence-electron chi connectivity index (χ2n) is 6.66. The van der Waals surface area contributed by atoms with Gasteiger partial charge in [-0.25, -0.2) is 0 Å². The third kappa shape index (κ3) is 4.47. The van der Waals surface area contributed by atoms with Gasteiger partial charge in [0.15, 0.2) is 0 Å². The number of hydrogen-bond acceptors (Lipinski definition) is 3. The van der Waals surface area contributed by atoms with Crippen LogP contribution >= 0.6 is 0 Å². The van der Waals surface area contributed by atoms with Crippen molar-refractivity contribution in [3.63, 3.8) is 0 Å². The molecule has 19 heavy (non-hydrogen) atoms. The predicted octanol–water partition coefficient (Wildman–Crippen LogP) is 3.17. The molecule has 1 aliphatic rings. The number of hydrogen-bond donors (Lipinski definition) is 1. The summed E-state index contributed by atoms with van der Waals surface area (Å²) in [6, 6.07) is 3.69. The minimum atomic E-state index is -0.271.